The summed E-state index contributed by atoms with van der Waals surface area (Å²) in [6.45, 7) is 6.01. The first-order valence-corrected chi connectivity index (χ1v) is 9.30. The van der Waals surface area contributed by atoms with Crippen LogP contribution < -0.4 is 10.1 Å². The Balaban J connectivity index is 1.79. The molecular weight excluding hydrogens is 356 g/mol. The van der Waals surface area contributed by atoms with E-state index in [0.717, 1.165) is 22.2 Å². The second-order valence-electron chi connectivity index (χ2n) is 5.91. The highest BCUT2D eigenvalue weighted by molar-refractivity contribution is 7.22. The van der Waals surface area contributed by atoms with E-state index in [4.69, 9.17) is 16.3 Å². The molecule has 6 heteroatoms. The molecule has 130 valence electrons. The predicted octanol–water partition coefficient (Wildman–Crippen LogP) is 5.69. The molecule has 0 fully saturated rings. The van der Waals surface area contributed by atoms with Crippen molar-refractivity contribution in [2.75, 3.05) is 5.32 Å². The standard InChI is InChI=1S/C19H19ClN2O2S/c1-4-12(3)24-14-7-5-6-13(9-14)18(23)22-19-21-16-10-15(20)11(2)8-17(16)25-19/h5-10,12H,4H2,1-3H3,(H,21,22,23). The maximum atomic E-state index is 12.5. The molecule has 1 unspecified atom stereocenters. The summed E-state index contributed by atoms with van der Waals surface area (Å²) in [7, 11) is 0. The van der Waals surface area contributed by atoms with E-state index in [0.29, 0.717) is 21.5 Å². The largest absolute Gasteiger partial charge is 0.491 e. The number of nitrogens with zero attached hydrogens (tertiary/aromatic N) is 1. The van der Waals surface area contributed by atoms with Gasteiger partial charge in [0.1, 0.15) is 5.75 Å². The number of halogens is 1. The van der Waals surface area contributed by atoms with Crippen LogP contribution in [0.2, 0.25) is 5.02 Å². The maximum absolute atomic E-state index is 12.5. The van der Waals surface area contributed by atoms with Gasteiger partial charge in [-0.05, 0) is 56.2 Å². The van der Waals surface area contributed by atoms with Gasteiger partial charge in [-0.25, -0.2) is 4.98 Å². The number of thiazole rings is 1. The maximum Gasteiger partial charge on any atom is 0.257 e. The van der Waals surface area contributed by atoms with Gasteiger partial charge in [-0.3, -0.25) is 10.1 Å². The molecule has 1 aromatic heterocycles. The number of carbonyl (C=O) groups excluding carboxylic acids is 1. The van der Waals surface area contributed by atoms with Gasteiger partial charge in [-0.15, -0.1) is 0 Å². The SMILES string of the molecule is CCC(C)Oc1cccc(C(=O)Nc2nc3cc(Cl)c(C)cc3s2)c1. The fourth-order valence-corrected chi connectivity index (χ4v) is 3.40. The lowest BCUT2D eigenvalue weighted by atomic mass is 10.2. The highest BCUT2D eigenvalue weighted by Gasteiger charge is 2.12. The highest BCUT2D eigenvalue weighted by atomic mass is 35.5. The van der Waals surface area contributed by atoms with Gasteiger partial charge in [0.25, 0.3) is 5.91 Å². The molecule has 0 aliphatic rings. The normalized spacial score (nSPS) is 12.2. The van der Waals surface area contributed by atoms with Crippen LogP contribution in [0.3, 0.4) is 0 Å². The van der Waals surface area contributed by atoms with Crippen LogP contribution >= 0.6 is 22.9 Å². The third kappa shape index (κ3) is 4.11. The molecule has 0 spiro atoms. The number of carbonyl (C=O) groups is 1. The first kappa shape index (κ1) is 17.7. The van der Waals surface area contributed by atoms with Gasteiger partial charge in [0.15, 0.2) is 5.13 Å². The number of amides is 1. The fraction of sp³-hybridized carbons (Fsp3) is 0.263. The molecule has 3 aromatic rings. The molecular formula is C19H19ClN2O2S. The smallest absolute Gasteiger partial charge is 0.257 e. The first-order chi connectivity index (χ1) is 12.0. The molecule has 0 radical (unpaired) electrons. The summed E-state index contributed by atoms with van der Waals surface area (Å²) in [5, 5.41) is 4.07. The zero-order chi connectivity index (χ0) is 18.0. The molecule has 0 aliphatic heterocycles. The molecule has 0 bridgehead atoms. The van der Waals surface area contributed by atoms with E-state index in [1.807, 2.05) is 38.1 Å². The summed E-state index contributed by atoms with van der Waals surface area (Å²) in [5.41, 5.74) is 2.31. The fourth-order valence-electron chi connectivity index (χ4n) is 2.30. The number of anilines is 1. The minimum atomic E-state index is -0.212. The Morgan fingerprint density at radius 2 is 2.16 bits per heavy atom. The van der Waals surface area contributed by atoms with Crippen LogP contribution in [0, 0.1) is 6.92 Å². The third-order valence-corrected chi connectivity index (χ3v) is 5.24. The zero-order valence-electron chi connectivity index (χ0n) is 14.3. The van der Waals surface area contributed by atoms with Crippen molar-refractivity contribution in [2.24, 2.45) is 0 Å². The number of hydrogen-bond donors (Lipinski definition) is 1. The van der Waals surface area contributed by atoms with E-state index in [1.165, 1.54) is 11.3 Å². The predicted molar refractivity (Wildman–Crippen MR) is 104 cm³/mol. The number of nitrogens with one attached hydrogen (secondary N) is 1. The molecule has 1 heterocycles. The number of benzene rings is 2. The minimum Gasteiger partial charge on any atom is -0.491 e. The van der Waals surface area contributed by atoms with Gasteiger partial charge < -0.3 is 4.74 Å². The van der Waals surface area contributed by atoms with Gasteiger partial charge in [0.05, 0.1) is 16.3 Å². The molecule has 0 saturated carbocycles. The Labute approximate surface area is 155 Å². The van der Waals surface area contributed by atoms with Crippen molar-refractivity contribution < 1.29 is 9.53 Å². The van der Waals surface area contributed by atoms with Gasteiger partial charge in [-0.1, -0.05) is 35.9 Å². The highest BCUT2D eigenvalue weighted by Crippen LogP contribution is 2.30. The second kappa shape index (κ2) is 7.42. The summed E-state index contributed by atoms with van der Waals surface area (Å²) < 4.78 is 6.76. The molecule has 1 amide bonds. The van der Waals surface area contributed by atoms with Crippen molar-refractivity contribution in [1.82, 2.24) is 4.98 Å². The van der Waals surface area contributed by atoms with E-state index >= 15 is 0 Å². The van der Waals surface area contributed by atoms with Gasteiger partial charge >= 0.3 is 0 Å². The van der Waals surface area contributed by atoms with Crippen LogP contribution in [-0.2, 0) is 0 Å². The molecule has 0 aliphatic carbocycles. The van der Waals surface area contributed by atoms with Crippen LogP contribution in [0.25, 0.3) is 10.2 Å². The topological polar surface area (TPSA) is 51.2 Å². The Kier molecular flexibility index (Phi) is 5.25. The van der Waals surface area contributed by atoms with Crippen LogP contribution in [0.15, 0.2) is 36.4 Å². The summed E-state index contributed by atoms with van der Waals surface area (Å²) in [5.74, 6) is 0.477. The van der Waals surface area contributed by atoms with E-state index in [2.05, 4.69) is 17.2 Å². The summed E-state index contributed by atoms with van der Waals surface area (Å²) in [6, 6.07) is 11.0. The van der Waals surface area contributed by atoms with Crippen molar-refractivity contribution in [2.45, 2.75) is 33.3 Å². The summed E-state index contributed by atoms with van der Waals surface area (Å²) in [6.07, 6.45) is 1.01. The zero-order valence-corrected chi connectivity index (χ0v) is 15.9. The number of aromatic nitrogens is 1. The van der Waals surface area contributed by atoms with E-state index in [-0.39, 0.29) is 12.0 Å². The lowest BCUT2D eigenvalue weighted by Gasteiger charge is -2.13. The molecule has 2 aromatic carbocycles. The van der Waals surface area contributed by atoms with Crippen LogP contribution in [-0.4, -0.2) is 17.0 Å². The van der Waals surface area contributed by atoms with Gasteiger partial charge in [0, 0.05) is 10.6 Å². The van der Waals surface area contributed by atoms with Gasteiger partial charge in [-0.2, -0.15) is 0 Å². The van der Waals surface area contributed by atoms with Crippen molar-refractivity contribution in [1.29, 1.82) is 0 Å². The summed E-state index contributed by atoms with van der Waals surface area (Å²) in [4.78, 5) is 16.9. The lowest BCUT2D eigenvalue weighted by molar-refractivity contribution is 0.102. The quantitative estimate of drug-likeness (QED) is 0.624. The number of rotatable bonds is 5. The number of aryl methyl sites for hydroxylation is 1. The average Bonchev–Trinajstić information content (AvgIpc) is 2.96. The van der Waals surface area contributed by atoms with Crippen LogP contribution in [0.5, 0.6) is 5.75 Å². The molecule has 4 nitrogen and oxygen atoms in total. The lowest BCUT2D eigenvalue weighted by Crippen LogP contribution is -2.13. The van der Waals surface area contributed by atoms with Crippen LogP contribution in [0.4, 0.5) is 5.13 Å². The Hall–Kier alpha value is -2.11. The van der Waals surface area contributed by atoms with Crippen LogP contribution in [0.1, 0.15) is 36.2 Å². The second-order valence-corrected chi connectivity index (χ2v) is 7.34. The Morgan fingerprint density at radius 1 is 1.36 bits per heavy atom. The van der Waals surface area contributed by atoms with E-state index < -0.39 is 0 Å². The molecule has 3 rings (SSSR count). The molecule has 1 atom stereocenters. The Bertz CT molecular complexity index is 884. The monoisotopic (exact) mass is 374 g/mol. The molecule has 1 N–H and O–H groups in total. The van der Waals surface area contributed by atoms with Crippen molar-refractivity contribution in [3.05, 3.63) is 52.5 Å². The number of ether oxygens (including phenoxy) is 1. The minimum absolute atomic E-state index is 0.107. The first-order valence-electron chi connectivity index (χ1n) is 8.11. The molecule has 25 heavy (non-hydrogen) atoms. The van der Waals surface area contributed by atoms with Crippen molar-refractivity contribution in [3.63, 3.8) is 0 Å². The third-order valence-electron chi connectivity index (χ3n) is 3.90. The Morgan fingerprint density at radius 3 is 2.92 bits per heavy atom. The van der Waals surface area contributed by atoms with E-state index in [1.54, 1.807) is 12.1 Å². The van der Waals surface area contributed by atoms with Crippen molar-refractivity contribution >= 4 is 44.2 Å². The average molecular weight is 375 g/mol. The van der Waals surface area contributed by atoms with E-state index in [9.17, 15) is 4.79 Å². The number of fused-ring (bicyclic) bond motifs is 1. The molecule has 0 saturated heterocycles. The van der Waals surface area contributed by atoms with Gasteiger partial charge in [0.2, 0.25) is 0 Å². The summed E-state index contributed by atoms with van der Waals surface area (Å²) >= 11 is 7.56. The van der Waals surface area contributed by atoms with Crippen molar-refractivity contribution in [3.8, 4) is 5.75 Å². The number of hydrogen-bond acceptors (Lipinski definition) is 4.